The Labute approximate surface area is 137 Å². The number of aromatic nitrogens is 1. The Morgan fingerprint density at radius 1 is 1.29 bits per heavy atom. The minimum Gasteiger partial charge on any atom is -0.481 e. The van der Waals surface area contributed by atoms with Crippen molar-refractivity contribution in [2.75, 3.05) is 6.54 Å². The maximum Gasteiger partial charge on any atom is 0.305 e. The molecule has 0 radical (unpaired) electrons. The number of hydrogen-bond donors (Lipinski definition) is 3. The molecule has 2 rings (SSSR count). The second kappa shape index (κ2) is 7.12. The summed E-state index contributed by atoms with van der Waals surface area (Å²) in [7, 11) is 1.67. The highest BCUT2D eigenvalue weighted by Crippen LogP contribution is 2.19. The predicted octanol–water partition coefficient (Wildman–Crippen LogP) is 1.03. The number of amides is 2. The summed E-state index contributed by atoms with van der Waals surface area (Å²) >= 11 is 0. The molecule has 0 saturated carbocycles. The Bertz CT molecular complexity index is 800. The lowest BCUT2D eigenvalue weighted by atomic mass is 10.2. The fourth-order valence-corrected chi connectivity index (χ4v) is 2.32. The minimum atomic E-state index is -1.02. The number of carbonyl (C=O) groups excluding carboxylic acids is 2. The topological polar surface area (TPSA) is 100 Å². The molecule has 1 unspecified atom stereocenters. The fourth-order valence-electron chi connectivity index (χ4n) is 2.32. The quantitative estimate of drug-likeness (QED) is 0.734. The molecule has 0 aliphatic carbocycles. The number of carboxylic acid groups (broad SMARTS) is 1. The average molecular weight is 335 g/mol. The number of carboxylic acids is 1. The standard InChI is InChI=1S/C16H18FN3O4/c1-9(15(23)18-6-5-14(21)22)19-16(24)13-8-10-7-11(17)3-4-12(10)20(13)2/h3-4,7-9H,5-6H2,1-2H3,(H,18,23)(H,19,24)(H,21,22). The van der Waals surface area contributed by atoms with Crippen molar-refractivity contribution in [1.82, 2.24) is 15.2 Å². The van der Waals surface area contributed by atoms with Gasteiger partial charge in [-0.2, -0.15) is 0 Å². The Balaban J connectivity index is 2.05. The predicted molar refractivity (Wildman–Crippen MR) is 85.1 cm³/mol. The van der Waals surface area contributed by atoms with Gasteiger partial charge in [0, 0.05) is 24.5 Å². The maximum absolute atomic E-state index is 13.3. The number of aliphatic carboxylic acids is 1. The van der Waals surface area contributed by atoms with E-state index in [1.165, 1.54) is 19.1 Å². The van der Waals surface area contributed by atoms with Crippen LogP contribution in [0.4, 0.5) is 4.39 Å². The van der Waals surface area contributed by atoms with Gasteiger partial charge in [-0.1, -0.05) is 0 Å². The van der Waals surface area contributed by atoms with Gasteiger partial charge in [0.15, 0.2) is 0 Å². The molecule has 8 heteroatoms. The van der Waals surface area contributed by atoms with Gasteiger partial charge < -0.3 is 20.3 Å². The van der Waals surface area contributed by atoms with E-state index in [-0.39, 0.29) is 13.0 Å². The molecule has 128 valence electrons. The van der Waals surface area contributed by atoms with Crippen molar-refractivity contribution >= 4 is 28.7 Å². The number of rotatable bonds is 6. The van der Waals surface area contributed by atoms with Crippen molar-refractivity contribution < 1.29 is 23.9 Å². The van der Waals surface area contributed by atoms with E-state index in [1.54, 1.807) is 23.7 Å². The highest BCUT2D eigenvalue weighted by Gasteiger charge is 2.19. The second-order valence-corrected chi connectivity index (χ2v) is 5.42. The zero-order valence-corrected chi connectivity index (χ0v) is 13.3. The first-order chi connectivity index (χ1) is 11.3. The number of benzene rings is 1. The molecule has 0 aliphatic rings. The van der Waals surface area contributed by atoms with Gasteiger partial charge in [0.1, 0.15) is 17.6 Å². The van der Waals surface area contributed by atoms with E-state index in [0.29, 0.717) is 16.6 Å². The molecule has 1 heterocycles. The van der Waals surface area contributed by atoms with Gasteiger partial charge in [-0.05, 0) is 31.2 Å². The van der Waals surface area contributed by atoms with Crippen molar-refractivity contribution in [2.45, 2.75) is 19.4 Å². The molecule has 2 aromatic rings. The molecule has 0 aliphatic heterocycles. The molecule has 0 spiro atoms. The van der Waals surface area contributed by atoms with Crippen LogP contribution >= 0.6 is 0 Å². The summed E-state index contributed by atoms with van der Waals surface area (Å²) in [5, 5.41) is 14.1. The molecule has 3 N–H and O–H groups in total. The summed E-state index contributed by atoms with van der Waals surface area (Å²) in [6.07, 6.45) is -0.193. The van der Waals surface area contributed by atoms with Crippen LogP contribution in [0.3, 0.4) is 0 Å². The van der Waals surface area contributed by atoms with Gasteiger partial charge in [0.05, 0.1) is 6.42 Å². The van der Waals surface area contributed by atoms with Crippen molar-refractivity contribution in [3.8, 4) is 0 Å². The van der Waals surface area contributed by atoms with E-state index < -0.39 is 29.6 Å². The van der Waals surface area contributed by atoms with Gasteiger partial charge in [-0.15, -0.1) is 0 Å². The van der Waals surface area contributed by atoms with Crippen LogP contribution < -0.4 is 10.6 Å². The first-order valence-electron chi connectivity index (χ1n) is 7.35. The van der Waals surface area contributed by atoms with Crippen LogP contribution in [0.1, 0.15) is 23.8 Å². The van der Waals surface area contributed by atoms with Crippen LogP contribution in [-0.2, 0) is 16.6 Å². The third kappa shape index (κ3) is 3.89. The Kier molecular flexibility index (Phi) is 5.18. The summed E-state index contributed by atoms with van der Waals surface area (Å²) in [5.41, 5.74) is 0.987. The van der Waals surface area contributed by atoms with E-state index in [4.69, 9.17) is 5.11 Å². The summed E-state index contributed by atoms with van der Waals surface area (Å²) in [6, 6.07) is 4.92. The van der Waals surface area contributed by atoms with Crippen LogP contribution in [0.15, 0.2) is 24.3 Å². The number of halogens is 1. The Morgan fingerprint density at radius 3 is 2.67 bits per heavy atom. The van der Waals surface area contributed by atoms with E-state index in [1.807, 2.05) is 0 Å². The zero-order chi connectivity index (χ0) is 17.9. The summed E-state index contributed by atoms with van der Waals surface area (Å²) in [4.78, 5) is 34.5. The van der Waals surface area contributed by atoms with Crippen molar-refractivity contribution in [1.29, 1.82) is 0 Å². The van der Waals surface area contributed by atoms with E-state index in [9.17, 15) is 18.8 Å². The molecule has 0 saturated heterocycles. The number of aryl methyl sites for hydroxylation is 1. The van der Waals surface area contributed by atoms with E-state index in [0.717, 1.165) is 0 Å². The van der Waals surface area contributed by atoms with Crippen molar-refractivity contribution in [3.63, 3.8) is 0 Å². The molecule has 7 nitrogen and oxygen atoms in total. The molecule has 1 aromatic carbocycles. The number of fused-ring (bicyclic) bond motifs is 1. The first-order valence-corrected chi connectivity index (χ1v) is 7.35. The fraction of sp³-hybridized carbons (Fsp3) is 0.312. The number of nitrogens with one attached hydrogen (secondary N) is 2. The minimum absolute atomic E-state index is 0.0122. The number of carbonyl (C=O) groups is 3. The lowest BCUT2D eigenvalue weighted by Crippen LogP contribution is -2.45. The highest BCUT2D eigenvalue weighted by molar-refractivity contribution is 6.00. The van der Waals surface area contributed by atoms with Gasteiger partial charge in [0.25, 0.3) is 5.91 Å². The third-order valence-corrected chi connectivity index (χ3v) is 3.62. The van der Waals surface area contributed by atoms with Gasteiger partial charge in [-0.3, -0.25) is 14.4 Å². The lowest BCUT2D eigenvalue weighted by Gasteiger charge is -2.14. The highest BCUT2D eigenvalue weighted by atomic mass is 19.1. The monoisotopic (exact) mass is 335 g/mol. The number of hydrogen-bond acceptors (Lipinski definition) is 3. The maximum atomic E-state index is 13.3. The summed E-state index contributed by atoms with van der Waals surface area (Å²) in [6.45, 7) is 1.48. The molecular weight excluding hydrogens is 317 g/mol. The molecule has 24 heavy (non-hydrogen) atoms. The summed E-state index contributed by atoms with van der Waals surface area (Å²) < 4.78 is 14.9. The molecular formula is C16H18FN3O4. The first kappa shape index (κ1) is 17.5. The van der Waals surface area contributed by atoms with Gasteiger partial charge in [0.2, 0.25) is 5.91 Å². The smallest absolute Gasteiger partial charge is 0.305 e. The Hall–Kier alpha value is -2.90. The van der Waals surface area contributed by atoms with Crippen LogP contribution in [-0.4, -0.2) is 40.0 Å². The third-order valence-electron chi connectivity index (χ3n) is 3.62. The second-order valence-electron chi connectivity index (χ2n) is 5.42. The number of nitrogens with zero attached hydrogens (tertiary/aromatic N) is 1. The van der Waals surface area contributed by atoms with Gasteiger partial charge >= 0.3 is 5.97 Å². The lowest BCUT2D eigenvalue weighted by molar-refractivity contribution is -0.137. The normalized spacial score (nSPS) is 12.0. The van der Waals surface area contributed by atoms with E-state index >= 15 is 0 Å². The molecule has 0 fully saturated rings. The summed E-state index contributed by atoms with van der Waals surface area (Å²) in [5.74, 6) is -2.37. The van der Waals surface area contributed by atoms with Crippen LogP contribution in [0.25, 0.3) is 10.9 Å². The molecule has 1 atom stereocenters. The largest absolute Gasteiger partial charge is 0.481 e. The van der Waals surface area contributed by atoms with Crippen LogP contribution in [0, 0.1) is 5.82 Å². The molecule has 0 bridgehead atoms. The zero-order valence-electron chi connectivity index (χ0n) is 13.3. The van der Waals surface area contributed by atoms with Gasteiger partial charge in [-0.25, -0.2) is 4.39 Å². The van der Waals surface area contributed by atoms with Crippen molar-refractivity contribution in [2.24, 2.45) is 7.05 Å². The van der Waals surface area contributed by atoms with Crippen LogP contribution in [0.2, 0.25) is 0 Å². The Morgan fingerprint density at radius 2 is 2.00 bits per heavy atom. The van der Waals surface area contributed by atoms with Crippen LogP contribution in [0.5, 0.6) is 0 Å². The molecule has 1 aromatic heterocycles. The molecule has 2 amide bonds. The SMILES string of the molecule is CC(NC(=O)c1cc2cc(F)ccc2n1C)C(=O)NCCC(=O)O. The average Bonchev–Trinajstić information content (AvgIpc) is 2.83. The van der Waals surface area contributed by atoms with E-state index in [2.05, 4.69) is 10.6 Å². The van der Waals surface area contributed by atoms with Crippen molar-refractivity contribution in [3.05, 3.63) is 35.8 Å².